The first kappa shape index (κ1) is 14.0. The Hall–Kier alpha value is -2.10. The summed E-state index contributed by atoms with van der Waals surface area (Å²) in [6.45, 7) is 5.03. The van der Waals surface area contributed by atoms with Crippen LogP contribution < -0.4 is 5.32 Å². The van der Waals surface area contributed by atoms with Gasteiger partial charge in [0.15, 0.2) is 5.54 Å². The van der Waals surface area contributed by atoms with E-state index in [9.17, 15) is 14.7 Å². The number of hydrogen-bond acceptors (Lipinski definition) is 2. The summed E-state index contributed by atoms with van der Waals surface area (Å²) in [5.74, 6) is -1.51. The molecule has 0 aromatic heterocycles. The van der Waals surface area contributed by atoms with Crippen LogP contribution in [0.1, 0.15) is 26.3 Å². The van der Waals surface area contributed by atoms with Crippen LogP contribution in [0, 0.1) is 0 Å². The summed E-state index contributed by atoms with van der Waals surface area (Å²) in [5.41, 5.74) is -0.0779. The molecule has 0 fully saturated rings. The predicted octanol–water partition coefficient (Wildman–Crippen LogP) is 2.07. The van der Waals surface area contributed by atoms with Gasteiger partial charge in [0, 0.05) is 6.08 Å². The van der Waals surface area contributed by atoms with Crippen molar-refractivity contribution >= 4 is 11.9 Å². The molecule has 0 spiro atoms. The summed E-state index contributed by atoms with van der Waals surface area (Å²) in [6, 6.07) is 8.63. The maximum absolute atomic E-state index is 11.7. The number of amides is 1. The molecule has 0 aliphatic rings. The van der Waals surface area contributed by atoms with Gasteiger partial charge in [-0.3, -0.25) is 4.79 Å². The van der Waals surface area contributed by atoms with Crippen molar-refractivity contribution in [3.05, 3.63) is 47.5 Å². The van der Waals surface area contributed by atoms with Gasteiger partial charge in [0.2, 0.25) is 5.91 Å². The highest BCUT2D eigenvalue weighted by molar-refractivity contribution is 5.93. The zero-order chi connectivity index (χ0) is 13.8. The fraction of sp³-hybridized carbons (Fsp3) is 0.286. The Morgan fingerprint density at radius 3 is 2.22 bits per heavy atom. The molecule has 0 bridgehead atoms. The van der Waals surface area contributed by atoms with Crippen LogP contribution in [0.25, 0.3) is 0 Å². The molecule has 0 radical (unpaired) electrons. The van der Waals surface area contributed by atoms with Crippen LogP contribution in [0.3, 0.4) is 0 Å². The van der Waals surface area contributed by atoms with Crippen LogP contribution in [0.5, 0.6) is 0 Å². The monoisotopic (exact) mass is 247 g/mol. The second-order valence-electron chi connectivity index (χ2n) is 4.51. The standard InChI is InChI=1S/C14H17NO3/c1-10(2)9-12(16)15-14(3,13(17)18)11-7-5-4-6-8-11/h4-9H,1-3H3,(H,15,16)(H,17,18). The van der Waals surface area contributed by atoms with Gasteiger partial charge in [-0.25, -0.2) is 4.79 Å². The summed E-state index contributed by atoms with van der Waals surface area (Å²) in [6.07, 6.45) is 1.38. The Bertz CT molecular complexity index is 475. The minimum absolute atomic E-state index is 0.413. The molecule has 4 nitrogen and oxygen atoms in total. The van der Waals surface area contributed by atoms with Crippen molar-refractivity contribution in [3.8, 4) is 0 Å². The highest BCUT2D eigenvalue weighted by atomic mass is 16.4. The average Bonchev–Trinajstić information content (AvgIpc) is 2.28. The molecule has 2 N–H and O–H groups in total. The number of benzene rings is 1. The second-order valence-corrected chi connectivity index (χ2v) is 4.51. The molecule has 1 aromatic rings. The predicted molar refractivity (Wildman–Crippen MR) is 69.0 cm³/mol. The average molecular weight is 247 g/mol. The maximum atomic E-state index is 11.7. The van der Waals surface area contributed by atoms with Crippen LogP contribution in [-0.2, 0) is 15.1 Å². The third kappa shape index (κ3) is 3.20. The fourth-order valence-electron chi connectivity index (χ4n) is 1.57. The van der Waals surface area contributed by atoms with E-state index in [0.29, 0.717) is 5.56 Å². The summed E-state index contributed by atoms with van der Waals surface area (Å²) >= 11 is 0. The van der Waals surface area contributed by atoms with Crippen molar-refractivity contribution in [2.75, 3.05) is 0 Å². The third-order valence-corrected chi connectivity index (χ3v) is 2.57. The van der Waals surface area contributed by atoms with E-state index < -0.39 is 17.4 Å². The number of aliphatic carboxylic acids is 1. The van der Waals surface area contributed by atoms with Gasteiger partial charge in [-0.1, -0.05) is 35.9 Å². The SMILES string of the molecule is CC(C)=CC(=O)NC(C)(C(=O)O)c1ccccc1. The Kier molecular flexibility index (Phi) is 4.26. The topological polar surface area (TPSA) is 66.4 Å². The molecule has 0 heterocycles. The molecule has 1 atom stereocenters. The second kappa shape index (κ2) is 5.49. The van der Waals surface area contributed by atoms with Gasteiger partial charge in [0.05, 0.1) is 0 Å². The lowest BCUT2D eigenvalue weighted by Gasteiger charge is -2.26. The molecular formula is C14H17NO3. The Balaban J connectivity index is 3.07. The van der Waals surface area contributed by atoms with Crippen molar-refractivity contribution in [3.63, 3.8) is 0 Å². The van der Waals surface area contributed by atoms with Crippen molar-refractivity contribution in [2.45, 2.75) is 26.3 Å². The number of carboxylic acids is 1. The third-order valence-electron chi connectivity index (χ3n) is 2.57. The number of nitrogens with one attached hydrogen (secondary N) is 1. The van der Waals surface area contributed by atoms with E-state index in [2.05, 4.69) is 5.32 Å². The van der Waals surface area contributed by atoms with Gasteiger partial charge >= 0.3 is 5.97 Å². The normalized spacial score (nSPS) is 13.3. The smallest absolute Gasteiger partial charge is 0.333 e. The lowest BCUT2D eigenvalue weighted by molar-refractivity contribution is -0.146. The van der Waals surface area contributed by atoms with E-state index in [4.69, 9.17) is 0 Å². The van der Waals surface area contributed by atoms with Gasteiger partial charge in [-0.15, -0.1) is 0 Å². The van der Waals surface area contributed by atoms with E-state index in [1.165, 1.54) is 13.0 Å². The number of rotatable bonds is 4. The molecule has 4 heteroatoms. The van der Waals surface area contributed by atoms with E-state index in [1.54, 1.807) is 44.2 Å². The van der Waals surface area contributed by atoms with E-state index in [0.717, 1.165) is 5.57 Å². The van der Waals surface area contributed by atoms with Gasteiger partial charge in [0.25, 0.3) is 0 Å². The lowest BCUT2D eigenvalue weighted by Crippen LogP contribution is -2.49. The molecule has 1 unspecified atom stereocenters. The minimum Gasteiger partial charge on any atom is -0.479 e. The zero-order valence-electron chi connectivity index (χ0n) is 10.7. The Morgan fingerprint density at radius 1 is 1.22 bits per heavy atom. The number of carbonyl (C=O) groups excluding carboxylic acids is 1. The first-order valence-electron chi connectivity index (χ1n) is 5.62. The molecular weight excluding hydrogens is 230 g/mol. The van der Waals surface area contributed by atoms with Crippen LogP contribution in [0.4, 0.5) is 0 Å². The van der Waals surface area contributed by atoms with E-state index >= 15 is 0 Å². The van der Waals surface area contributed by atoms with Crippen molar-refractivity contribution in [1.82, 2.24) is 5.32 Å². The highest BCUT2D eigenvalue weighted by Crippen LogP contribution is 2.20. The van der Waals surface area contributed by atoms with Gasteiger partial charge < -0.3 is 10.4 Å². The van der Waals surface area contributed by atoms with Crippen molar-refractivity contribution in [2.24, 2.45) is 0 Å². The number of carbonyl (C=O) groups is 2. The van der Waals surface area contributed by atoms with Gasteiger partial charge in [-0.05, 0) is 26.3 Å². The first-order valence-corrected chi connectivity index (χ1v) is 5.62. The quantitative estimate of drug-likeness (QED) is 0.800. The lowest BCUT2D eigenvalue weighted by atomic mass is 9.92. The zero-order valence-corrected chi connectivity index (χ0v) is 10.7. The number of hydrogen-bond donors (Lipinski definition) is 2. The molecule has 1 rings (SSSR count). The number of allylic oxidation sites excluding steroid dienone is 1. The molecule has 0 saturated heterocycles. The van der Waals surface area contributed by atoms with E-state index in [1.807, 2.05) is 0 Å². The molecule has 1 amide bonds. The van der Waals surface area contributed by atoms with Crippen LogP contribution in [0.15, 0.2) is 42.0 Å². The molecule has 0 aliphatic carbocycles. The summed E-state index contributed by atoms with van der Waals surface area (Å²) < 4.78 is 0. The summed E-state index contributed by atoms with van der Waals surface area (Å²) in [4.78, 5) is 23.1. The van der Waals surface area contributed by atoms with Crippen molar-refractivity contribution < 1.29 is 14.7 Å². The molecule has 1 aromatic carbocycles. The minimum atomic E-state index is -1.43. The van der Waals surface area contributed by atoms with Crippen LogP contribution in [-0.4, -0.2) is 17.0 Å². The summed E-state index contributed by atoms with van der Waals surface area (Å²) in [5, 5.41) is 11.9. The van der Waals surface area contributed by atoms with Gasteiger partial charge in [-0.2, -0.15) is 0 Å². The molecule has 18 heavy (non-hydrogen) atoms. The Labute approximate surface area is 106 Å². The largest absolute Gasteiger partial charge is 0.479 e. The van der Waals surface area contributed by atoms with Crippen molar-refractivity contribution in [1.29, 1.82) is 0 Å². The van der Waals surface area contributed by atoms with Crippen LogP contribution >= 0.6 is 0 Å². The Morgan fingerprint density at radius 2 is 1.78 bits per heavy atom. The fourth-order valence-corrected chi connectivity index (χ4v) is 1.57. The van der Waals surface area contributed by atoms with Crippen LogP contribution in [0.2, 0.25) is 0 Å². The molecule has 0 saturated carbocycles. The van der Waals surface area contributed by atoms with Gasteiger partial charge in [0.1, 0.15) is 0 Å². The molecule has 0 aliphatic heterocycles. The highest BCUT2D eigenvalue weighted by Gasteiger charge is 2.36. The summed E-state index contributed by atoms with van der Waals surface area (Å²) in [7, 11) is 0. The maximum Gasteiger partial charge on any atom is 0.333 e. The van der Waals surface area contributed by atoms with E-state index in [-0.39, 0.29) is 0 Å². The number of carboxylic acid groups (broad SMARTS) is 1. The first-order chi connectivity index (χ1) is 8.36. The molecule has 96 valence electrons.